The van der Waals surface area contributed by atoms with Crippen molar-refractivity contribution in [1.82, 2.24) is 4.90 Å². The number of amides is 2. The van der Waals surface area contributed by atoms with E-state index in [-0.39, 0.29) is 11.8 Å². The predicted molar refractivity (Wildman–Crippen MR) is 115 cm³/mol. The Morgan fingerprint density at radius 1 is 0.966 bits per heavy atom. The van der Waals surface area contributed by atoms with Crippen LogP contribution in [0.1, 0.15) is 23.2 Å². The summed E-state index contributed by atoms with van der Waals surface area (Å²) < 4.78 is 10.3. The van der Waals surface area contributed by atoms with Crippen LogP contribution in [0.4, 0.5) is 11.4 Å². The number of nitrogens with one attached hydrogen (secondary N) is 2. The fourth-order valence-electron chi connectivity index (χ4n) is 2.75. The highest BCUT2D eigenvalue weighted by molar-refractivity contribution is 6.05. The number of carbonyl (C=O) groups is 2. The molecule has 0 bridgehead atoms. The molecule has 0 aliphatic carbocycles. The zero-order valence-electron chi connectivity index (χ0n) is 17.2. The maximum Gasteiger partial charge on any atom is 0.255 e. The largest absolute Gasteiger partial charge is 0.495 e. The van der Waals surface area contributed by atoms with Crippen LogP contribution in [0.2, 0.25) is 0 Å². The summed E-state index contributed by atoms with van der Waals surface area (Å²) >= 11 is 0. The lowest BCUT2D eigenvalue weighted by molar-refractivity contribution is -0.116. The van der Waals surface area contributed by atoms with Crippen molar-refractivity contribution in [1.29, 1.82) is 0 Å². The first-order valence-corrected chi connectivity index (χ1v) is 9.55. The molecule has 2 aromatic carbocycles. The molecule has 2 rings (SSSR count). The summed E-state index contributed by atoms with van der Waals surface area (Å²) in [6, 6.07) is 14.0. The normalized spacial score (nSPS) is 10.6. The van der Waals surface area contributed by atoms with Crippen LogP contribution in [0.25, 0.3) is 0 Å². The summed E-state index contributed by atoms with van der Waals surface area (Å²) in [5.74, 6) is 0.289. The van der Waals surface area contributed by atoms with Crippen molar-refractivity contribution < 1.29 is 19.1 Å². The lowest BCUT2D eigenvalue weighted by Gasteiger charge is -2.16. The number of hydrogen-bond donors (Lipinski definition) is 2. The zero-order valence-corrected chi connectivity index (χ0v) is 17.2. The third kappa shape index (κ3) is 7.56. The third-order valence-electron chi connectivity index (χ3n) is 4.39. The van der Waals surface area contributed by atoms with E-state index in [4.69, 9.17) is 9.47 Å². The molecule has 0 heterocycles. The summed E-state index contributed by atoms with van der Waals surface area (Å²) in [4.78, 5) is 26.7. The van der Waals surface area contributed by atoms with Gasteiger partial charge in [0.15, 0.2) is 0 Å². The van der Waals surface area contributed by atoms with Crippen LogP contribution in [0.15, 0.2) is 48.5 Å². The van der Waals surface area contributed by atoms with Crippen LogP contribution >= 0.6 is 0 Å². The van der Waals surface area contributed by atoms with Gasteiger partial charge in [0, 0.05) is 44.5 Å². The lowest BCUT2D eigenvalue weighted by Crippen LogP contribution is -2.25. The van der Waals surface area contributed by atoms with Gasteiger partial charge in [-0.2, -0.15) is 0 Å². The van der Waals surface area contributed by atoms with Crippen LogP contribution in [-0.4, -0.2) is 57.7 Å². The maximum absolute atomic E-state index is 12.4. The van der Waals surface area contributed by atoms with Crippen molar-refractivity contribution in [2.75, 3.05) is 51.6 Å². The summed E-state index contributed by atoms with van der Waals surface area (Å²) in [5.41, 5.74) is 1.75. The highest BCUT2D eigenvalue weighted by atomic mass is 16.5. The van der Waals surface area contributed by atoms with Crippen molar-refractivity contribution in [3.8, 4) is 5.75 Å². The topological polar surface area (TPSA) is 79.9 Å². The van der Waals surface area contributed by atoms with Crippen molar-refractivity contribution >= 4 is 23.2 Å². The second kappa shape index (κ2) is 11.8. The van der Waals surface area contributed by atoms with Gasteiger partial charge in [-0.3, -0.25) is 9.59 Å². The molecule has 2 amide bonds. The minimum absolute atomic E-state index is 0.0604. The van der Waals surface area contributed by atoms with Crippen molar-refractivity contribution in [2.24, 2.45) is 0 Å². The van der Waals surface area contributed by atoms with Gasteiger partial charge in [0.25, 0.3) is 5.91 Å². The maximum atomic E-state index is 12.4. The van der Waals surface area contributed by atoms with Gasteiger partial charge in [0.05, 0.1) is 12.8 Å². The molecule has 0 radical (unpaired) electrons. The molecule has 156 valence electrons. The van der Waals surface area contributed by atoms with Crippen molar-refractivity contribution in [3.63, 3.8) is 0 Å². The van der Waals surface area contributed by atoms with Crippen LogP contribution in [0, 0.1) is 0 Å². The van der Waals surface area contributed by atoms with Gasteiger partial charge in [-0.1, -0.05) is 12.1 Å². The van der Waals surface area contributed by atoms with Crippen LogP contribution < -0.4 is 15.4 Å². The first kappa shape index (κ1) is 22.4. The Labute approximate surface area is 172 Å². The number of rotatable bonds is 11. The van der Waals surface area contributed by atoms with E-state index in [0.29, 0.717) is 42.3 Å². The smallest absolute Gasteiger partial charge is 0.255 e. The highest BCUT2D eigenvalue weighted by Crippen LogP contribution is 2.23. The first-order valence-electron chi connectivity index (χ1n) is 9.55. The van der Waals surface area contributed by atoms with Gasteiger partial charge in [-0.25, -0.2) is 0 Å². The minimum Gasteiger partial charge on any atom is -0.495 e. The molecule has 2 aromatic rings. The SMILES string of the molecule is COCCCN(C)CCC(=O)Nc1ccc(C(=O)Nc2ccccc2OC)cc1. The van der Waals surface area contributed by atoms with E-state index in [1.54, 1.807) is 50.6 Å². The van der Waals surface area contributed by atoms with Crippen LogP contribution in [0.3, 0.4) is 0 Å². The third-order valence-corrected chi connectivity index (χ3v) is 4.39. The molecule has 7 heteroatoms. The van der Waals surface area contributed by atoms with Gasteiger partial charge < -0.3 is 25.0 Å². The summed E-state index contributed by atoms with van der Waals surface area (Å²) in [5, 5.41) is 5.68. The second-order valence-electron chi connectivity index (χ2n) is 6.68. The molecule has 0 spiro atoms. The lowest BCUT2D eigenvalue weighted by atomic mass is 10.2. The van der Waals surface area contributed by atoms with E-state index in [1.165, 1.54) is 0 Å². The van der Waals surface area contributed by atoms with E-state index >= 15 is 0 Å². The Morgan fingerprint density at radius 3 is 2.38 bits per heavy atom. The number of ether oxygens (including phenoxy) is 2. The number of methoxy groups -OCH3 is 2. The summed E-state index contributed by atoms with van der Waals surface area (Å²) in [6.45, 7) is 2.28. The van der Waals surface area contributed by atoms with Gasteiger partial charge in [0.1, 0.15) is 5.75 Å². The Hall–Kier alpha value is -2.90. The molecule has 0 saturated heterocycles. The number of hydrogen-bond acceptors (Lipinski definition) is 5. The molecule has 0 aliphatic rings. The van der Waals surface area contributed by atoms with Gasteiger partial charge in [0.2, 0.25) is 5.91 Å². The first-order chi connectivity index (χ1) is 14.0. The van der Waals surface area contributed by atoms with E-state index in [9.17, 15) is 9.59 Å². The molecule has 29 heavy (non-hydrogen) atoms. The molecular weight excluding hydrogens is 370 g/mol. The summed E-state index contributed by atoms with van der Waals surface area (Å²) in [7, 11) is 5.22. The monoisotopic (exact) mass is 399 g/mol. The molecule has 0 fully saturated rings. The number of para-hydroxylation sites is 2. The average molecular weight is 399 g/mol. The van der Waals surface area contributed by atoms with E-state index < -0.39 is 0 Å². The molecule has 7 nitrogen and oxygen atoms in total. The number of nitrogens with zero attached hydrogens (tertiary/aromatic N) is 1. The minimum atomic E-state index is -0.245. The van der Waals surface area contributed by atoms with Gasteiger partial charge in [-0.15, -0.1) is 0 Å². The number of benzene rings is 2. The Morgan fingerprint density at radius 2 is 1.69 bits per heavy atom. The fourth-order valence-corrected chi connectivity index (χ4v) is 2.75. The van der Waals surface area contributed by atoms with E-state index in [0.717, 1.165) is 13.0 Å². The Kier molecular flexibility index (Phi) is 9.14. The molecule has 0 aliphatic heterocycles. The fraction of sp³-hybridized carbons (Fsp3) is 0.364. The van der Waals surface area contributed by atoms with Crippen molar-refractivity contribution in [3.05, 3.63) is 54.1 Å². The Bertz CT molecular complexity index is 793. The van der Waals surface area contributed by atoms with Crippen molar-refractivity contribution in [2.45, 2.75) is 12.8 Å². The quantitative estimate of drug-likeness (QED) is 0.567. The average Bonchev–Trinajstić information content (AvgIpc) is 2.73. The van der Waals surface area contributed by atoms with E-state index in [2.05, 4.69) is 15.5 Å². The highest BCUT2D eigenvalue weighted by Gasteiger charge is 2.10. The molecule has 2 N–H and O–H groups in total. The van der Waals surface area contributed by atoms with E-state index in [1.807, 2.05) is 19.2 Å². The number of carbonyl (C=O) groups excluding carboxylic acids is 2. The molecular formula is C22H29N3O4. The van der Waals surface area contributed by atoms with Crippen LogP contribution in [0.5, 0.6) is 5.75 Å². The van der Waals surface area contributed by atoms with Crippen LogP contribution in [-0.2, 0) is 9.53 Å². The molecule has 0 saturated carbocycles. The van der Waals surface area contributed by atoms with Gasteiger partial charge >= 0.3 is 0 Å². The van der Waals surface area contributed by atoms with Gasteiger partial charge in [-0.05, 0) is 49.9 Å². The molecule has 0 unspecified atom stereocenters. The second-order valence-corrected chi connectivity index (χ2v) is 6.68. The predicted octanol–water partition coefficient (Wildman–Crippen LogP) is 3.24. The molecule has 0 atom stereocenters. The Balaban J connectivity index is 1.83. The standard InChI is InChI=1S/C22H29N3O4/c1-25(14-6-16-28-2)15-13-21(26)23-18-11-9-17(10-12-18)22(27)24-19-7-4-5-8-20(19)29-3/h4-5,7-12H,6,13-16H2,1-3H3,(H,23,26)(H,24,27). The molecule has 0 aromatic heterocycles. The zero-order chi connectivity index (χ0) is 21.1. The summed E-state index contributed by atoms with van der Waals surface area (Å²) in [6.07, 6.45) is 1.34. The number of anilines is 2.